The first kappa shape index (κ1) is 13.9. The van der Waals surface area contributed by atoms with Gasteiger partial charge in [0.15, 0.2) is 0 Å². The second kappa shape index (κ2) is 6.58. The van der Waals surface area contributed by atoms with Crippen molar-refractivity contribution in [2.45, 2.75) is 32.7 Å². The van der Waals surface area contributed by atoms with Crippen LogP contribution in [-0.2, 0) is 0 Å². The van der Waals surface area contributed by atoms with Crippen molar-refractivity contribution in [3.05, 3.63) is 0 Å². The molecule has 0 aromatic heterocycles. The molecule has 16 heavy (non-hydrogen) atoms. The van der Waals surface area contributed by atoms with Crippen molar-refractivity contribution in [2.75, 3.05) is 40.3 Å². The molecule has 0 bridgehead atoms. The van der Waals surface area contributed by atoms with Gasteiger partial charge < -0.3 is 15.5 Å². The number of likely N-dealkylation sites (N-methyl/N-ethyl adjacent to an activating group) is 1. The topological polar surface area (TPSA) is 32.5 Å². The predicted molar refractivity (Wildman–Crippen MR) is 70.5 cm³/mol. The van der Waals surface area contributed by atoms with Gasteiger partial charge in [-0.2, -0.15) is 0 Å². The number of likely N-dealkylation sites (tertiary alicyclic amines) is 1. The molecule has 0 aromatic rings. The van der Waals surface area contributed by atoms with E-state index in [1.54, 1.807) is 0 Å². The van der Waals surface area contributed by atoms with Crippen LogP contribution >= 0.6 is 0 Å². The largest absolute Gasteiger partial charge is 0.330 e. The molecule has 0 saturated carbocycles. The minimum absolute atomic E-state index is 0.654. The van der Waals surface area contributed by atoms with E-state index in [2.05, 4.69) is 37.7 Å². The van der Waals surface area contributed by atoms with E-state index in [4.69, 9.17) is 5.73 Å². The van der Waals surface area contributed by atoms with Crippen molar-refractivity contribution in [3.63, 3.8) is 0 Å². The van der Waals surface area contributed by atoms with E-state index in [1.807, 2.05) is 0 Å². The molecule has 1 aliphatic heterocycles. The summed E-state index contributed by atoms with van der Waals surface area (Å²) >= 11 is 0. The van der Waals surface area contributed by atoms with Gasteiger partial charge in [0.25, 0.3) is 0 Å². The van der Waals surface area contributed by atoms with Gasteiger partial charge in [-0.1, -0.05) is 13.8 Å². The van der Waals surface area contributed by atoms with Crippen LogP contribution in [0.1, 0.15) is 26.7 Å². The molecule has 1 rings (SSSR count). The van der Waals surface area contributed by atoms with Crippen LogP contribution in [0.2, 0.25) is 0 Å². The molecule has 1 saturated heterocycles. The van der Waals surface area contributed by atoms with Crippen LogP contribution < -0.4 is 5.73 Å². The average molecular weight is 227 g/mol. The van der Waals surface area contributed by atoms with Gasteiger partial charge in [-0.3, -0.25) is 0 Å². The van der Waals surface area contributed by atoms with E-state index >= 15 is 0 Å². The maximum Gasteiger partial charge on any atom is 0.0217 e. The third-order valence-electron chi connectivity index (χ3n) is 3.95. The quantitative estimate of drug-likeness (QED) is 0.767. The number of rotatable bonds is 5. The van der Waals surface area contributed by atoms with E-state index in [-0.39, 0.29) is 0 Å². The molecule has 1 heterocycles. The lowest BCUT2D eigenvalue weighted by atomic mass is 9.94. The molecule has 96 valence electrons. The number of nitrogens with two attached hydrogens (primary N) is 1. The van der Waals surface area contributed by atoms with Gasteiger partial charge in [-0.05, 0) is 51.9 Å². The van der Waals surface area contributed by atoms with Gasteiger partial charge >= 0.3 is 0 Å². The molecule has 3 nitrogen and oxygen atoms in total. The first-order valence-electron chi connectivity index (χ1n) is 6.63. The molecule has 3 heteroatoms. The summed E-state index contributed by atoms with van der Waals surface area (Å²) in [5, 5.41) is 0. The Morgan fingerprint density at radius 1 is 1.38 bits per heavy atom. The third kappa shape index (κ3) is 4.04. The summed E-state index contributed by atoms with van der Waals surface area (Å²) in [6.45, 7) is 9.04. The van der Waals surface area contributed by atoms with Crippen LogP contribution in [0.25, 0.3) is 0 Å². The third-order valence-corrected chi connectivity index (χ3v) is 3.95. The molecule has 2 unspecified atom stereocenters. The van der Waals surface area contributed by atoms with Gasteiger partial charge in [0.1, 0.15) is 0 Å². The molecular formula is C13H29N3. The van der Waals surface area contributed by atoms with Gasteiger partial charge in [0.2, 0.25) is 0 Å². The van der Waals surface area contributed by atoms with Crippen molar-refractivity contribution in [2.24, 2.45) is 17.6 Å². The number of nitrogens with zero attached hydrogens (tertiary/aromatic N) is 2. The summed E-state index contributed by atoms with van der Waals surface area (Å²) in [4.78, 5) is 4.96. The van der Waals surface area contributed by atoms with Crippen LogP contribution in [0.4, 0.5) is 0 Å². The van der Waals surface area contributed by atoms with Crippen LogP contribution in [0.3, 0.4) is 0 Å². The highest BCUT2D eigenvalue weighted by Crippen LogP contribution is 2.17. The summed E-state index contributed by atoms with van der Waals surface area (Å²) < 4.78 is 0. The van der Waals surface area contributed by atoms with Crippen molar-refractivity contribution < 1.29 is 0 Å². The SMILES string of the molecule is CC(C)C(CN)CN1CCCC(N(C)C)C1. The van der Waals surface area contributed by atoms with E-state index in [1.165, 1.54) is 32.5 Å². The summed E-state index contributed by atoms with van der Waals surface area (Å²) in [7, 11) is 4.38. The minimum atomic E-state index is 0.654. The highest BCUT2D eigenvalue weighted by molar-refractivity contribution is 4.80. The van der Waals surface area contributed by atoms with Gasteiger partial charge in [-0.15, -0.1) is 0 Å². The van der Waals surface area contributed by atoms with Crippen LogP contribution in [0.5, 0.6) is 0 Å². The van der Waals surface area contributed by atoms with Crippen molar-refractivity contribution in [1.29, 1.82) is 0 Å². The predicted octanol–water partition coefficient (Wildman–Crippen LogP) is 1.24. The monoisotopic (exact) mass is 227 g/mol. The van der Waals surface area contributed by atoms with E-state index in [0.717, 1.165) is 12.6 Å². The molecule has 2 atom stereocenters. The lowest BCUT2D eigenvalue weighted by molar-refractivity contribution is 0.110. The molecule has 0 aromatic carbocycles. The maximum atomic E-state index is 5.85. The maximum absolute atomic E-state index is 5.85. The standard InChI is InChI=1S/C13H29N3/c1-11(2)12(8-14)9-16-7-5-6-13(10-16)15(3)4/h11-13H,5-10,14H2,1-4H3. The molecule has 0 amide bonds. The van der Waals surface area contributed by atoms with Gasteiger partial charge in [-0.25, -0.2) is 0 Å². The highest BCUT2D eigenvalue weighted by Gasteiger charge is 2.23. The molecule has 0 spiro atoms. The van der Waals surface area contributed by atoms with E-state index in [0.29, 0.717) is 11.8 Å². The van der Waals surface area contributed by atoms with Crippen LogP contribution in [0.15, 0.2) is 0 Å². The molecule has 0 aliphatic carbocycles. The fraction of sp³-hybridized carbons (Fsp3) is 1.00. The summed E-state index contributed by atoms with van der Waals surface area (Å²) in [5.41, 5.74) is 5.85. The Labute approximate surface area is 101 Å². The summed E-state index contributed by atoms with van der Waals surface area (Å²) in [5.74, 6) is 1.35. The van der Waals surface area contributed by atoms with Crippen LogP contribution in [-0.4, -0.2) is 56.1 Å². The molecule has 1 aliphatic rings. The average Bonchev–Trinajstić information content (AvgIpc) is 2.25. The Morgan fingerprint density at radius 3 is 2.56 bits per heavy atom. The summed E-state index contributed by atoms with van der Waals surface area (Å²) in [6.07, 6.45) is 2.68. The van der Waals surface area contributed by atoms with Crippen molar-refractivity contribution >= 4 is 0 Å². The zero-order valence-electron chi connectivity index (χ0n) is 11.4. The number of piperidine rings is 1. The fourth-order valence-corrected chi connectivity index (χ4v) is 2.51. The highest BCUT2D eigenvalue weighted by atomic mass is 15.2. The zero-order valence-corrected chi connectivity index (χ0v) is 11.4. The normalized spacial score (nSPS) is 25.3. The Bertz CT molecular complexity index is 192. The molecule has 1 fully saturated rings. The second-order valence-corrected chi connectivity index (χ2v) is 5.76. The Morgan fingerprint density at radius 2 is 2.06 bits per heavy atom. The first-order valence-corrected chi connectivity index (χ1v) is 6.63. The zero-order chi connectivity index (χ0) is 12.1. The molecule has 2 N–H and O–H groups in total. The van der Waals surface area contributed by atoms with E-state index < -0.39 is 0 Å². The lowest BCUT2D eigenvalue weighted by Crippen LogP contribution is -2.47. The van der Waals surface area contributed by atoms with E-state index in [9.17, 15) is 0 Å². The van der Waals surface area contributed by atoms with Crippen molar-refractivity contribution in [3.8, 4) is 0 Å². The number of hydrogen-bond donors (Lipinski definition) is 1. The summed E-state index contributed by atoms with van der Waals surface area (Å²) in [6, 6.07) is 0.735. The Kier molecular flexibility index (Phi) is 5.73. The first-order chi connectivity index (χ1) is 7.54. The van der Waals surface area contributed by atoms with Gasteiger partial charge in [0, 0.05) is 19.1 Å². The molecule has 0 radical (unpaired) electrons. The van der Waals surface area contributed by atoms with Crippen molar-refractivity contribution in [1.82, 2.24) is 9.80 Å². The minimum Gasteiger partial charge on any atom is -0.330 e. The Hall–Kier alpha value is -0.120. The smallest absolute Gasteiger partial charge is 0.0217 e. The van der Waals surface area contributed by atoms with Gasteiger partial charge in [0.05, 0.1) is 0 Å². The fourth-order valence-electron chi connectivity index (χ4n) is 2.51. The van der Waals surface area contributed by atoms with Crippen LogP contribution in [0, 0.1) is 11.8 Å². The molecular weight excluding hydrogens is 198 g/mol. The lowest BCUT2D eigenvalue weighted by Gasteiger charge is -2.38. The number of hydrogen-bond acceptors (Lipinski definition) is 3. The Balaban J connectivity index is 2.41. The second-order valence-electron chi connectivity index (χ2n) is 5.76.